The molecule has 80 valence electrons. The van der Waals surface area contributed by atoms with Gasteiger partial charge >= 0.3 is 11.9 Å². The van der Waals surface area contributed by atoms with E-state index in [0.29, 0.717) is 6.42 Å². The second-order valence-electron chi connectivity index (χ2n) is 3.13. The minimum absolute atomic E-state index is 0.293. The van der Waals surface area contributed by atoms with Gasteiger partial charge in [-0.15, -0.1) is 0 Å². The Hall–Kier alpha value is -1.32. The van der Waals surface area contributed by atoms with E-state index < -0.39 is 17.9 Å². The zero-order valence-electron chi connectivity index (χ0n) is 8.27. The molecule has 4 heteroatoms. The van der Waals surface area contributed by atoms with Gasteiger partial charge in [0, 0.05) is 0 Å². The van der Waals surface area contributed by atoms with E-state index in [1.165, 1.54) is 0 Å². The molecule has 1 unspecified atom stereocenters. The minimum Gasteiger partial charge on any atom is -0.481 e. The third kappa shape index (κ3) is 6.22. The third-order valence-electron chi connectivity index (χ3n) is 1.81. The molecule has 0 aliphatic carbocycles. The molecule has 1 atom stereocenters. The fraction of sp³-hybridized carbons (Fsp3) is 0.600. The van der Waals surface area contributed by atoms with Gasteiger partial charge in [-0.05, 0) is 12.8 Å². The van der Waals surface area contributed by atoms with Crippen molar-refractivity contribution in [2.45, 2.75) is 32.6 Å². The highest BCUT2D eigenvalue weighted by Crippen LogP contribution is 2.10. The Bertz CT molecular complexity index is 220. The van der Waals surface area contributed by atoms with Crippen LogP contribution in [0.2, 0.25) is 0 Å². The Morgan fingerprint density at radius 2 is 1.93 bits per heavy atom. The van der Waals surface area contributed by atoms with Crippen molar-refractivity contribution in [2.75, 3.05) is 0 Å². The summed E-state index contributed by atoms with van der Waals surface area (Å²) < 4.78 is 0. The number of carboxylic acids is 2. The van der Waals surface area contributed by atoms with E-state index in [1.54, 1.807) is 6.08 Å². The van der Waals surface area contributed by atoms with Crippen molar-refractivity contribution in [1.29, 1.82) is 0 Å². The predicted molar refractivity (Wildman–Crippen MR) is 52.0 cm³/mol. The second-order valence-corrected chi connectivity index (χ2v) is 3.13. The van der Waals surface area contributed by atoms with E-state index in [4.69, 9.17) is 10.2 Å². The van der Waals surface area contributed by atoms with Gasteiger partial charge in [-0.1, -0.05) is 25.5 Å². The standard InChI is InChI=1S/C10H16O4/c1-2-3-4-5-6-8(10(13)14)7-9(11)12/h4-5,8H,2-3,6-7H2,1H3,(H,11,12)(H,13,14)/b5-4+. The van der Waals surface area contributed by atoms with E-state index in [-0.39, 0.29) is 6.42 Å². The van der Waals surface area contributed by atoms with Crippen molar-refractivity contribution < 1.29 is 19.8 Å². The highest BCUT2D eigenvalue weighted by Gasteiger charge is 2.18. The van der Waals surface area contributed by atoms with Crippen molar-refractivity contribution in [2.24, 2.45) is 5.92 Å². The van der Waals surface area contributed by atoms with E-state index in [2.05, 4.69) is 0 Å². The Morgan fingerprint density at radius 3 is 2.36 bits per heavy atom. The van der Waals surface area contributed by atoms with Gasteiger partial charge in [-0.2, -0.15) is 0 Å². The molecule has 0 aromatic carbocycles. The van der Waals surface area contributed by atoms with Crippen molar-refractivity contribution in [1.82, 2.24) is 0 Å². The lowest BCUT2D eigenvalue weighted by Gasteiger charge is -2.05. The molecule has 0 saturated carbocycles. The molecule has 0 aliphatic rings. The van der Waals surface area contributed by atoms with Crippen molar-refractivity contribution in [3.05, 3.63) is 12.2 Å². The maximum absolute atomic E-state index is 10.6. The molecule has 0 heterocycles. The lowest BCUT2D eigenvalue weighted by atomic mass is 10.0. The zero-order valence-corrected chi connectivity index (χ0v) is 8.27. The van der Waals surface area contributed by atoms with Crippen LogP contribution in [0.15, 0.2) is 12.2 Å². The van der Waals surface area contributed by atoms with Crippen LogP contribution >= 0.6 is 0 Å². The van der Waals surface area contributed by atoms with E-state index in [1.807, 2.05) is 13.0 Å². The molecule has 0 bridgehead atoms. The third-order valence-corrected chi connectivity index (χ3v) is 1.81. The van der Waals surface area contributed by atoms with Gasteiger partial charge < -0.3 is 10.2 Å². The van der Waals surface area contributed by atoms with Gasteiger partial charge in [0.25, 0.3) is 0 Å². The fourth-order valence-electron chi connectivity index (χ4n) is 1.03. The molecule has 4 nitrogen and oxygen atoms in total. The normalized spacial score (nSPS) is 12.9. The maximum atomic E-state index is 10.6. The van der Waals surface area contributed by atoms with Crippen LogP contribution in [0.5, 0.6) is 0 Å². The summed E-state index contributed by atoms with van der Waals surface area (Å²) >= 11 is 0. The Kier molecular flexibility index (Phi) is 6.45. The number of carbonyl (C=O) groups is 2. The first-order valence-electron chi connectivity index (χ1n) is 4.67. The smallest absolute Gasteiger partial charge is 0.307 e. The van der Waals surface area contributed by atoms with Gasteiger partial charge in [0.15, 0.2) is 0 Å². The van der Waals surface area contributed by atoms with Crippen molar-refractivity contribution >= 4 is 11.9 Å². The van der Waals surface area contributed by atoms with Crippen LogP contribution in [-0.2, 0) is 9.59 Å². The van der Waals surface area contributed by atoms with Gasteiger partial charge in [0.05, 0.1) is 12.3 Å². The number of unbranched alkanes of at least 4 members (excludes halogenated alkanes) is 1. The number of hydrogen-bond donors (Lipinski definition) is 2. The largest absolute Gasteiger partial charge is 0.481 e. The summed E-state index contributed by atoms with van der Waals surface area (Å²) in [5.74, 6) is -2.92. The summed E-state index contributed by atoms with van der Waals surface area (Å²) in [6, 6.07) is 0. The molecule has 0 spiro atoms. The van der Waals surface area contributed by atoms with Gasteiger partial charge in [0.1, 0.15) is 0 Å². The average Bonchev–Trinajstić information content (AvgIpc) is 2.09. The fourth-order valence-corrected chi connectivity index (χ4v) is 1.03. The van der Waals surface area contributed by atoms with Gasteiger partial charge in [-0.3, -0.25) is 9.59 Å². The maximum Gasteiger partial charge on any atom is 0.307 e. The van der Waals surface area contributed by atoms with E-state index in [0.717, 1.165) is 12.8 Å². The van der Waals surface area contributed by atoms with E-state index in [9.17, 15) is 9.59 Å². The lowest BCUT2D eigenvalue weighted by Crippen LogP contribution is -2.16. The first-order valence-corrected chi connectivity index (χ1v) is 4.67. The number of aliphatic carboxylic acids is 2. The molecule has 0 aromatic rings. The summed E-state index contributed by atoms with van der Waals surface area (Å²) in [6.07, 6.45) is 5.52. The number of rotatable bonds is 7. The lowest BCUT2D eigenvalue weighted by molar-refractivity contribution is -0.148. The summed E-state index contributed by atoms with van der Waals surface area (Å²) in [7, 11) is 0. The molecule has 0 amide bonds. The highest BCUT2D eigenvalue weighted by atomic mass is 16.4. The van der Waals surface area contributed by atoms with Crippen LogP contribution in [0.4, 0.5) is 0 Å². The summed E-state index contributed by atoms with van der Waals surface area (Å²) in [5, 5.41) is 17.1. The molecular weight excluding hydrogens is 184 g/mol. The van der Waals surface area contributed by atoms with Crippen molar-refractivity contribution in [3.63, 3.8) is 0 Å². The molecule has 0 saturated heterocycles. The molecule has 0 radical (unpaired) electrons. The topological polar surface area (TPSA) is 74.6 Å². The molecule has 14 heavy (non-hydrogen) atoms. The van der Waals surface area contributed by atoms with Crippen LogP contribution in [0.25, 0.3) is 0 Å². The zero-order chi connectivity index (χ0) is 11.0. The summed E-state index contributed by atoms with van der Waals surface area (Å²) in [4.78, 5) is 20.9. The number of hydrogen-bond acceptors (Lipinski definition) is 2. The SMILES string of the molecule is CCC/C=C/CC(CC(=O)O)C(=O)O. The Morgan fingerprint density at radius 1 is 1.29 bits per heavy atom. The van der Waals surface area contributed by atoms with Crippen LogP contribution in [0, 0.1) is 5.92 Å². The molecule has 0 rings (SSSR count). The van der Waals surface area contributed by atoms with Crippen LogP contribution < -0.4 is 0 Å². The van der Waals surface area contributed by atoms with Crippen LogP contribution in [0.1, 0.15) is 32.6 Å². The van der Waals surface area contributed by atoms with Crippen molar-refractivity contribution in [3.8, 4) is 0 Å². The molecule has 0 aliphatic heterocycles. The second kappa shape index (κ2) is 7.12. The summed E-state index contributed by atoms with van der Waals surface area (Å²) in [5.41, 5.74) is 0. The molecule has 0 aromatic heterocycles. The Balaban J connectivity index is 3.97. The van der Waals surface area contributed by atoms with E-state index >= 15 is 0 Å². The van der Waals surface area contributed by atoms with Gasteiger partial charge in [0.2, 0.25) is 0 Å². The average molecular weight is 200 g/mol. The molecular formula is C10H16O4. The first-order chi connectivity index (χ1) is 6.57. The number of carboxylic acid groups (broad SMARTS) is 2. The van der Waals surface area contributed by atoms with Gasteiger partial charge in [-0.25, -0.2) is 0 Å². The first kappa shape index (κ1) is 12.7. The quantitative estimate of drug-likeness (QED) is 0.615. The Labute approximate surface area is 83.2 Å². The molecule has 0 fully saturated rings. The summed E-state index contributed by atoms with van der Waals surface area (Å²) in [6.45, 7) is 2.02. The van der Waals surface area contributed by atoms with Crippen LogP contribution in [-0.4, -0.2) is 22.2 Å². The molecule has 2 N–H and O–H groups in total. The monoisotopic (exact) mass is 200 g/mol. The number of allylic oxidation sites excluding steroid dienone is 2. The highest BCUT2D eigenvalue weighted by molar-refractivity contribution is 5.77. The predicted octanol–water partition coefficient (Wildman–Crippen LogP) is 1.91. The van der Waals surface area contributed by atoms with Crippen LogP contribution in [0.3, 0.4) is 0 Å². The minimum atomic E-state index is -1.07.